The third-order valence-electron chi connectivity index (χ3n) is 3.42. The molecule has 0 aliphatic heterocycles. The van der Waals surface area contributed by atoms with Gasteiger partial charge in [-0.15, -0.1) is 0 Å². The highest BCUT2D eigenvalue weighted by Crippen LogP contribution is 2.32. The molecule has 2 rings (SSSR count). The largest absolute Gasteiger partial charge is 0.335 e. The second kappa shape index (κ2) is 5.31. The van der Waals surface area contributed by atoms with Crippen LogP contribution in [0.25, 0.3) is 0 Å². The van der Waals surface area contributed by atoms with Crippen LogP contribution in [0.3, 0.4) is 0 Å². The number of halogens is 1. The van der Waals surface area contributed by atoms with Gasteiger partial charge in [0.25, 0.3) is 0 Å². The number of amides is 2. The molecule has 0 aromatic heterocycles. The molecule has 1 aliphatic rings. The molecule has 1 fully saturated rings. The number of hydrogen-bond donors (Lipinski definition) is 2. The van der Waals surface area contributed by atoms with Gasteiger partial charge in [0.2, 0.25) is 0 Å². The first-order chi connectivity index (χ1) is 8.47. The van der Waals surface area contributed by atoms with Gasteiger partial charge in [-0.1, -0.05) is 15.9 Å². The summed E-state index contributed by atoms with van der Waals surface area (Å²) in [4.78, 5) is 11.9. The number of hydrogen-bond acceptors (Lipinski definition) is 1. The number of anilines is 1. The third kappa shape index (κ3) is 3.25. The van der Waals surface area contributed by atoms with Crippen molar-refractivity contribution in [3.63, 3.8) is 0 Å². The Morgan fingerprint density at radius 1 is 1.33 bits per heavy atom. The smallest absolute Gasteiger partial charge is 0.319 e. The first kappa shape index (κ1) is 13.4. The van der Waals surface area contributed by atoms with Crippen LogP contribution in [-0.2, 0) is 0 Å². The first-order valence-electron chi connectivity index (χ1n) is 6.31. The van der Waals surface area contributed by atoms with E-state index in [1.54, 1.807) is 0 Å². The molecule has 2 N–H and O–H groups in total. The average molecular weight is 311 g/mol. The highest BCUT2D eigenvalue weighted by molar-refractivity contribution is 9.10. The average Bonchev–Trinajstić information content (AvgIpc) is 3.06. The Bertz CT molecular complexity index is 446. The Morgan fingerprint density at radius 3 is 2.39 bits per heavy atom. The van der Waals surface area contributed by atoms with Crippen LogP contribution in [0.2, 0.25) is 0 Å². The molecule has 2 amide bonds. The maximum Gasteiger partial charge on any atom is 0.319 e. The van der Waals surface area contributed by atoms with Crippen LogP contribution in [-0.4, -0.2) is 12.1 Å². The number of aryl methyl sites for hydroxylation is 2. The molecule has 1 unspecified atom stereocenters. The summed E-state index contributed by atoms with van der Waals surface area (Å²) in [5.41, 5.74) is 3.03. The number of nitrogens with one attached hydrogen (secondary N) is 2. The topological polar surface area (TPSA) is 41.1 Å². The number of benzene rings is 1. The lowest BCUT2D eigenvalue weighted by atomic mass is 10.1. The lowest BCUT2D eigenvalue weighted by molar-refractivity contribution is 0.248. The summed E-state index contributed by atoms with van der Waals surface area (Å²) in [6, 6.07) is 4.17. The number of urea groups is 1. The zero-order valence-electron chi connectivity index (χ0n) is 11.0. The molecule has 3 nitrogen and oxygen atoms in total. The van der Waals surface area contributed by atoms with E-state index in [4.69, 9.17) is 0 Å². The van der Waals surface area contributed by atoms with Gasteiger partial charge < -0.3 is 10.6 Å². The Hall–Kier alpha value is -1.03. The fraction of sp³-hybridized carbons (Fsp3) is 0.500. The minimum atomic E-state index is -0.108. The van der Waals surface area contributed by atoms with Crippen molar-refractivity contribution in [2.45, 2.75) is 39.7 Å². The second-order valence-corrected chi connectivity index (χ2v) is 6.05. The molecule has 4 heteroatoms. The van der Waals surface area contributed by atoms with Crippen LogP contribution in [0.5, 0.6) is 0 Å². The molecule has 0 saturated heterocycles. The molecule has 18 heavy (non-hydrogen) atoms. The number of rotatable bonds is 3. The summed E-state index contributed by atoms with van der Waals surface area (Å²) in [7, 11) is 0. The van der Waals surface area contributed by atoms with Gasteiger partial charge in [0.05, 0.1) is 0 Å². The van der Waals surface area contributed by atoms with Gasteiger partial charge in [0, 0.05) is 16.2 Å². The van der Waals surface area contributed by atoms with E-state index in [2.05, 4.69) is 33.5 Å². The van der Waals surface area contributed by atoms with Gasteiger partial charge in [-0.05, 0) is 62.8 Å². The van der Waals surface area contributed by atoms with Crippen molar-refractivity contribution in [2.24, 2.45) is 5.92 Å². The van der Waals surface area contributed by atoms with Crippen LogP contribution in [0.15, 0.2) is 16.6 Å². The van der Waals surface area contributed by atoms with Gasteiger partial charge in [0.15, 0.2) is 0 Å². The molecule has 0 bridgehead atoms. The minimum absolute atomic E-state index is 0.108. The van der Waals surface area contributed by atoms with Gasteiger partial charge in [-0.25, -0.2) is 4.79 Å². The van der Waals surface area contributed by atoms with Gasteiger partial charge in [-0.2, -0.15) is 0 Å². The molecule has 1 aromatic carbocycles. The van der Waals surface area contributed by atoms with E-state index in [0.29, 0.717) is 5.92 Å². The van der Waals surface area contributed by atoms with Crippen LogP contribution >= 0.6 is 15.9 Å². The monoisotopic (exact) mass is 310 g/mol. The SMILES string of the molecule is Cc1cc(Br)cc(C)c1NC(=O)NC(C)C1CC1. The second-order valence-electron chi connectivity index (χ2n) is 5.14. The van der Waals surface area contributed by atoms with E-state index in [0.717, 1.165) is 21.3 Å². The molecule has 0 spiro atoms. The Morgan fingerprint density at radius 2 is 1.89 bits per heavy atom. The summed E-state index contributed by atoms with van der Waals surface area (Å²) in [5, 5.41) is 5.95. The van der Waals surface area contributed by atoms with E-state index in [9.17, 15) is 4.79 Å². The van der Waals surface area contributed by atoms with Crippen LogP contribution in [0.1, 0.15) is 30.9 Å². The zero-order chi connectivity index (χ0) is 13.3. The van der Waals surface area contributed by atoms with E-state index in [1.165, 1.54) is 12.8 Å². The predicted octanol–water partition coefficient (Wildman–Crippen LogP) is 3.99. The van der Waals surface area contributed by atoms with Crippen molar-refractivity contribution < 1.29 is 4.79 Å². The van der Waals surface area contributed by atoms with Crippen LogP contribution in [0, 0.1) is 19.8 Å². The summed E-state index contributed by atoms with van der Waals surface area (Å²) >= 11 is 3.45. The van der Waals surface area contributed by atoms with E-state index >= 15 is 0 Å². The minimum Gasteiger partial charge on any atom is -0.335 e. The molecular formula is C14H19BrN2O. The maximum absolute atomic E-state index is 11.9. The third-order valence-corrected chi connectivity index (χ3v) is 3.88. The normalized spacial score (nSPS) is 16.2. The highest BCUT2D eigenvalue weighted by atomic mass is 79.9. The molecule has 0 heterocycles. The summed E-state index contributed by atoms with van der Waals surface area (Å²) in [6.07, 6.45) is 2.47. The van der Waals surface area contributed by atoms with Crippen molar-refractivity contribution in [3.05, 3.63) is 27.7 Å². The van der Waals surface area contributed by atoms with Gasteiger partial charge in [-0.3, -0.25) is 0 Å². The molecule has 1 aromatic rings. The van der Waals surface area contributed by atoms with Gasteiger partial charge >= 0.3 is 6.03 Å². The fourth-order valence-electron chi connectivity index (χ4n) is 2.18. The van der Waals surface area contributed by atoms with Crippen molar-refractivity contribution in [2.75, 3.05) is 5.32 Å². The summed E-state index contributed by atoms with van der Waals surface area (Å²) in [5.74, 6) is 0.669. The van der Waals surface area contributed by atoms with Crippen LogP contribution < -0.4 is 10.6 Å². The highest BCUT2D eigenvalue weighted by Gasteiger charge is 2.28. The summed E-state index contributed by atoms with van der Waals surface area (Å²) in [6.45, 7) is 6.06. The predicted molar refractivity (Wildman–Crippen MR) is 78.0 cm³/mol. The van der Waals surface area contributed by atoms with Gasteiger partial charge in [0.1, 0.15) is 0 Å². The fourth-order valence-corrected chi connectivity index (χ4v) is 2.87. The lowest BCUT2D eigenvalue weighted by Crippen LogP contribution is -2.37. The first-order valence-corrected chi connectivity index (χ1v) is 7.11. The quantitative estimate of drug-likeness (QED) is 0.871. The van der Waals surface area contributed by atoms with Crippen molar-refractivity contribution in [1.29, 1.82) is 0 Å². The van der Waals surface area contributed by atoms with Crippen molar-refractivity contribution in [1.82, 2.24) is 5.32 Å². The zero-order valence-corrected chi connectivity index (χ0v) is 12.6. The molecule has 0 radical (unpaired) electrons. The van der Waals surface area contributed by atoms with E-state index in [-0.39, 0.29) is 12.1 Å². The summed E-state index contributed by atoms with van der Waals surface area (Å²) < 4.78 is 1.04. The number of carbonyl (C=O) groups excluding carboxylic acids is 1. The molecule has 1 saturated carbocycles. The van der Waals surface area contributed by atoms with Crippen molar-refractivity contribution in [3.8, 4) is 0 Å². The van der Waals surface area contributed by atoms with E-state index < -0.39 is 0 Å². The molecule has 1 atom stereocenters. The Kier molecular flexibility index (Phi) is 3.95. The lowest BCUT2D eigenvalue weighted by Gasteiger charge is -2.16. The Labute approximate surface area is 116 Å². The van der Waals surface area contributed by atoms with Crippen molar-refractivity contribution >= 4 is 27.6 Å². The standard InChI is InChI=1S/C14H19BrN2O/c1-8-6-12(15)7-9(2)13(8)17-14(18)16-10(3)11-4-5-11/h6-7,10-11H,4-5H2,1-3H3,(H2,16,17,18). The van der Waals surface area contributed by atoms with E-state index in [1.807, 2.05) is 26.0 Å². The Balaban J connectivity index is 2.02. The van der Waals surface area contributed by atoms with Crippen LogP contribution in [0.4, 0.5) is 10.5 Å². The molecular weight excluding hydrogens is 292 g/mol. The molecule has 98 valence electrons. The maximum atomic E-state index is 11.9. The number of carbonyl (C=O) groups is 1. The molecule has 1 aliphatic carbocycles.